The van der Waals surface area contributed by atoms with Crippen LogP contribution >= 0.6 is 0 Å². The van der Waals surface area contributed by atoms with E-state index in [2.05, 4.69) is 15.3 Å². The van der Waals surface area contributed by atoms with Crippen molar-refractivity contribution in [2.45, 2.75) is 13.3 Å². The number of halogens is 1. The third-order valence-electron chi connectivity index (χ3n) is 4.03. The molecule has 8 heteroatoms. The molecule has 0 radical (unpaired) electrons. The third kappa shape index (κ3) is 4.59. The van der Waals surface area contributed by atoms with Crippen molar-refractivity contribution in [2.75, 3.05) is 18.1 Å². The molecule has 2 amide bonds. The lowest BCUT2D eigenvalue weighted by Gasteiger charge is -2.22. The van der Waals surface area contributed by atoms with Gasteiger partial charge >= 0.3 is 6.03 Å². The average molecular weight is 381 g/mol. The molecule has 0 unspecified atom stereocenters. The molecule has 3 rings (SSSR count). The van der Waals surface area contributed by atoms with E-state index in [-0.39, 0.29) is 11.8 Å². The van der Waals surface area contributed by atoms with E-state index in [1.54, 1.807) is 37.3 Å². The van der Waals surface area contributed by atoms with Crippen LogP contribution in [-0.2, 0) is 0 Å². The smallest absolute Gasteiger partial charge is 0.327 e. The second-order valence-corrected chi connectivity index (χ2v) is 6.09. The maximum atomic E-state index is 13.6. The van der Waals surface area contributed by atoms with Gasteiger partial charge in [0, 0.05) is 24.0 Å². The fourth-order valence-corrected chi connectivity index (χ4v) is 2.73. The monoisotopic (exact) mass is 381 g/mol. The van der Waals surface area contributed by atoms with Crippen molar-refractivity contribution in [3.63, 3.8) is 0 Å². The molecular formula is C20H20FN5O2. The SMILES string of the molecule is C/C(=C\C=NC=N)NC(=O)N1CCCOc2ccc(-c3cccc(F)c3)nc21. The maximum Gasteiger partial charge on any atom is 0.327 e. The lowest BCUT2D eigenvalue weighted by Crippen LogP contribution is -2.40. The summed E-state index contributed by atoms with van der Waals surface area (Å²) in [5.41, 5.74) is 1.74. The van der Waals surface area contributed by atoms with Crippen LogP contribution in [-0.4, -0.2) is 36.7 Å². The number of carbonyl (C=O) groups is 1. The van der Waals surface area contributed by atoms with Crippen LogP contribution in [0.1, 0.15) is 13.3 Å². The number of rotatable bonds is 4. The predicted octanol–water partition coefficient (Wildman–Crippen LogP) is 3.77. The minimum atomic E-state index is -0.354. The molecule has 0 fully saturated rings. The van der Waals surface area contributed by atoms with E-state index < -0.39 is 0 Å². The van der Waals surface area contributed by atoms with Gasteiger partial charge in [-0.3, -0.25) is 10.3 Å². The molecular weight excluding hydrogens is 361 g/mol. The van der Waals surface area contributed by atoms with Gasteiger partial charge in [-0.25, -0.2) is 19.2 Å². The molecule has 1 aromatic carbocycles. The van der Waals surface area contributed by atoms with Gasteiger partial charge in [0.05, 0.1) is 12.3 Å². The minimum absolute atomic E-state index is 0.354. The molecule has 28 heavy (non-hydrogen) atoms. The van der Waals surface area contributed by atoms with Gasteiger partial charge in [-0.15, -0.1) is 0 Å². The highest BCUT2D eigenvalue weighted by Crippen LogP contribution is 2.32. The van der Waals surface area contributed by atoms with Crippen LogP contribution in [0.2, 0.25) is 0 Å². The molecule has 2 N–H and O–H groups in total. The number of allylic oxidation sites excluding steroid dienone is 2. The van der Waals surface area contributed by atoms with E-state index in [0.717, 1.165) is 6.34 Å². The number of carbonyl (C=O) groups excluding carboxylic acids is 1. The summed E-state index contributed by atoms with van der Waals surface area (Å²) in [7, 11) is 0. The first-order valence-electron chi connectivity index (χ1n) is 8.76. The summed E-state index contributed by atoms with van der Waals surface area (Å²) in [5.74, 6) is 0.532. The third-order valence-corrected chi connectivity index (χ3v) is 4.03. The maximum absolute atomic E-state index is 13.6. The number of benzene rings is 1. The number of urea groups is 1. The highest BCUT2D eigenvalue weighted by molar-refractivity contribution is 5.94. The number of nitrogens with zero attached hydrogens (tertiary/aromatic N) is 3. The van der Waals surface area contributed by atoms with Gasteiger partial charge in [-0.05, 0) is 43.7 Å². The highest BCUT2D eigenvalue weighted by Gasteiger charge is 2.24. The number of aliphatic imine (C=N–C) groups is 1. The van der Waals surface area contributed by atoms with E-state index in [1.807, 2.05) is 0 Å². The zero-order valence-corrected chi connectivity index (χ0v) is 15.4. The molecule has 7 nitrogen and oxygen atoms in total. The van der Waals surface area contributed by atoms with Crippen molar-refractivity contribution < 1.29 is 13.9 Å². The summed E-state index contributed by atoms with van der Waals surface area (Å²) in [6, 6.07) is 9.27. The Morgan fingerprint density at radius 3 is 3.04 bits per heavy atom. The topological polar surface area (TPSA) is 90.7 Å². The first-order valence-corrected chi connectivity index (χ1v) is 8.76. The first kappa shape index (κ1) is 19.2. The summed E-state index contributed by atoms with van der Waals surface area (Å²) in [5, 5.41) is 9.64. The summed E-state index contributed by atoms with van der Waals surface area (Å²) in [6.45, 7) is 2.62. The van der Waals surface area contributed by atoms with Crippen LogP contribution in [0.15, 0.2) is 53.2 Å². The number of ether oxygens (including phenoxy) is 1. The zero-order valence-electron chi connectivity index (χ0n) is 15.4. The standard InChI is InChI=1S/C20H20FN5O2/c1-14(8-9-23-13-22)24-20(27)26-10-3-11-28-18-7-6-17(25-19(18)26)15-4-2-5-16(21)12-15/h2,4-9,12-13,22H,3,10-11H2,1H3,(H,24,27)/b14-8+,22-13?,23-9?. The molecule has 144 valence electrons. The van der Waals surface area contributed by atoms with Gasteiger partial charge in [-0.1, -0.05) is 12.1 Å². The van der Waals surface area contributed by atoms with Crippen molar-refractivity contribution in [1.29, 1.82) is 5.41 Å². The van der Waals surface area contributed by atoms with Crippen LogP contribution in [0.5, 0.6) is 5.75 Å². The molecule has 1 aromatic heterocycles. The summed E-state index contributed by atoms with van der Waals surface area (Å²) >= 11 is 0. The first-order chi connectivity index (χ1) is 13.6. The fraction of sp³-hybridized carbons (Fsp3) is 0.200. The molecule has 0 spiro atoms. The number of aromatic nitrogens is 1. The van der Waals surface area contributed by atoms with Gasteiger partial charge < -0.3 is 10.1 Å². The Kier molecular flexibility index (Phi) is 6.11. The molecule has 0 saturated heterocycles. The fourth-order valence-electron chi connectivity index (χ4n) is 2.73. The Balaban J connectivity index is 1.91. The number of fused-ring (bicyclic) bond motifs is 1. The molecule has 1 aliphatic rings. The Hall–Kier alpha value is -3.55. The zero-order chi connectivity index (χ0) is 19.9. The number of nitrogens with one attached hydrogen (secondary N) is 2. The molecule has 2 aromatic rings. The van der Waals surface area contributed by atoms with Crippen molar-refractivity contribution >= 4 is 24.4 Å². The molecule has 0 aliphatic carbocycles. The predicted molar refractivity (Wildman–Crippen MR) is 107 cm³/mol. The van der Waals surface area contributed by atoms with E-state index in [4.69, 9.17) is 10.1 Å². The van der Waals surface area contributed by atoms with E-state index in [9.17, 15) is 9.18 Å². The van der Waals surface area contributed by atoms with E-state index >= 15 is 0 Å². The lowest BCUT2D eigenvalue weighted by atomic mass is 10.1. The second kappa shape index (κ2) is 8.90. The van der Waals surface area contributed by atoms with Gasteiger partial charge in [-0.2, -0.15) is 0 Å². The van der Waals surface area contributed by atoms with E-state index in [0.29, 0.717) is 48.1 Å². The number of hydrogen-bond donors (Lipinski definition) is 2. The Morgan fingerprint density at radius 1 is 1.39 bits per heavy atom. The largest absolute Gasteiger partial charge is 0.490 e. The molecule has 0 saturated carbocycles. The van der Waals surface area contributed by atoms with Crippen molar-refractivity contribution in [3.8, 4) is 17.0 Å². The summed E-state index contributed by atoms with van der Waals surface area (Å²) in [4.78, 5) is 22.5. The second-order valence-electron chi connectivity index (χ2n) is 6.09. The lowest BCUT2D eigenvalue weighted by molar-refractivity contribution is 0.248. The average Bonchev–Trinajstić information content (AvgIpc) is 2.90. The Bertz CT molecular complexity index is 942. The minimum Gasteiger partial charge on any atom is -0.490 e. The van der Waals surface area contributed by atoms with Crippen molar-refractivity contribution in [2.24, 2.45) is 4.99 Å². The number of hydrogen-bond acceptors (Lipinski definition) is 4. The number of amides is 2. The quantitative estimate of drug-likeness (QED) is 0.624. The van der Waals surface area contributed by atoms with Crippen LogP contribution in [0.25, 0.3) is 11.3 Å². The van der Waals surface area contributed by atoms with Crippen molar-refractivity contribution in [1.82, 2.24) is 10.3 Å². The molecule has 2 heterocycles. The summed E-state index contributed by atoms with van der Waals surface area (Å²) in [6.07, 6.45) is 4.57. The molecule has 0 atom stereocenters. The van der Waals surface area contributed by atoms with Crippen molar-refractivity contribution in [3.05, 3.63) is 54.0 Å². The van der Waals surface area contributed by atoms with Gasteiger partial charge in [0.2, 0.25) is 0 Å². The van der Waals surface area contributed by atoms with Gasteiger partial charge in [0.25, 0.3) is 0 Å². The Labute approximate surface area is 162 Å². The van der Waals surface area contributed by atoms with E-state index in [1.165, 1.54) is 23.2 Å². The van der Waals surface area contributed by atoms with Crippen LogP contribution in [0.4, 0.5) is 15.0 Å². The van der Waals surface area contributed by atoms with Crippen LogP contribution in [0.3, 0.4) is 0 Å². The number of anilines is 1. The van der Waals surface area contributed by atoms with Crippen LogP contribution in [0, 0.1) is 11.2 Å². The molecule has 0 bridgehead atoms. The molecule has 1 aliphatic heterocycles. The number of pyridine rings is 1. The van der Waals surface area contributed by atoms with Crippen LogP contribution < -0.4 is 15.0 Å². The van der Waals surface area contributed by atoms with Gasteiger partial charge in [0.15, 0.2) is 11.6 Å². The highest BCUT2D eigenvalue weighted by atomic mass is 19.1. The van der Waals surface area contributed by atoms with Gasteiger partial charge in [0.1, 0.15) is 12.2 Å². The normalized spacial score (nSPS) is 14.2. The summed E-state index contributed by atoms with van der Waals surface area (Å²) < 4.78 is 19.3. The Morgan fingerprint density at radius 2 is 2.25 bits per heavy atom.